The summed E-state index contributed by atoms with van der Waals surface area (Å²) < 4.78 is 1.44. The highest BCUT2D eigenvalue weighted by atomic mass is 32.1. The third-order valence-electron chi connectivity index (χ3n) is 2.74. The molecule has 0 fully saturated rings. The van der Waals surface area contributed by atoms with Gasteiger partial charge in [0.15, 0.2) is 5.13 Å². The van der Waals surface area contributed by atoms with Gasteiger partial charge in [0.1, 0.15) is 11.4 Å². The van der Waals surface area contributed by atoms with Crippen molar-refractivity contribution in [2.24, 2.45) is 0 Å². The van der Waals surface area contributed by atoms with Crippen LogP contribution >= 0.6 is 11.3 Å². The van der Waals surface area contributed by atoms with Gasteiger partial charge in [0.05, 0.1) is 0 Å². The SMILES string of the molecule is CCCCNc1nc(-c2ccc(=O)n(CC)n2)cs1. The second kappa shape index (κ2) is 6.47. The Balaban J connectivity index is 2.16. The number of thiazole rings is 1. The first-order chi connectivity index (χ1) is 9.24. The van der Waals surface area contributed by atoms with Crippen LogP contribution in [0.15, 0.2) is 22.3 Å². The molecule has 0 aliphatic carbocycles. The molecule has 0 radical (unpaired) electrons. The summed E-state index contributed by atoms with van der Waals surface area (Å²) in [6.45, 7) is 5.56. The first-order valence-electron chi connectivity index (χ1n) is 6.52. The van der Waals surface area contributed by atoms with Crippen LogP contribution in [0.25, 0.3) is 11.4 Å². The Morgan fingerprint density at radius 1 is 1.32 bits per heavy atom. The number of anilines is 1. The van der Waals surface area contributed by atoms with E-state index in [1.807, 2.05) is 12.3 Å². The standard InChI is InChI=1S/C13H18N4OS/c1-3-5-8-14-13-15-11(9-19-13)10-6-7-12(18)17(4-2)16-10/h6-7,9H,3-5,8H2,1-2H3,(H,14,15). The zero-order valence-corrected chi connectivity index (χ0v) is 12.0. The summed E-state index contributed by atoms with van der Waals surface area (Å²) in [5.74, 6) is 0. The number of nitrogens with zero attached hydrogens (tertiary/aromatic N) is 3. The van der Waals surface area contributed by atoms with E-state index in [0.29, 0.717) is 6.54 Å². The molecule has 0 amide bonds. The normalized spacial score (nSPS) is 10.6. The fourth-order valence-electron chi connectivity index (χ4n) is 1.66. The van der Waals surface area contributed by atoms with Crippen LogP contribution in [-0.4, -0.2) is 21.3 Å². The first kappa shape index (κ1) is 13.7. The Kier molecular flexibility index (Phi) is 4.68. The molecular formula is C13H18N4OS. The van der Waals surface area contributed by atoms with Crippen LogP contribution in [0.5, 0.6) is 0 Å². The van der Waals surface area contributed by atoms with Crippen molar-refractivity contribution in [2.75, 3.05) is 11.9 Å². The van der Waals surface area contributed by atoms with Gasteiger partial charge in [0.2, 0.25) is 0 Å². The van der Waals surface area contributed by atoms with Crippen molar-refractivity contribution in [3.05, 3.63) is 27.9 Å². The Bertz CT molecular complexity index is 590. The van der Waals surface area contributed by atoms with E-state index >= 15 is 0 Å². The highest BCUT2D eigenvalue weighted by Crippen LogP contribution is 2.22. The average Bonchev–Trinajstić information content (AvgIpc) is 2.88. The number of hydrogen-bond donors (Lipinski definition) is 1. The molecule has 0 aromatic carbocycles. The van der Waals surface area contributed by atoms with Gasteiger partial charge in [-0.25, -0.2) is 9.67 Å². The maximum Gasteiger partial charge on any atom is 0.266 e. The van der Waals surface area contributed by atoms with Crippen molar-refractivity contribution in [2.45, 2.75) is 33.2 Å². The van der Waals surface area contributed by atoms with Gasteiger partial charge in [-0.3, -0.25) is 4.79 Å². The van der Waals surface area contributed by atoms with E-state index in [9.17, 15) is 4.79 Å². The topological polar surface area (TPSA) is 59.8 Å². The highest BCUT2D eigenvalue weighted by molar-refractivity contribution is 7.14. The molecule has 2 aromatic rings. The lowest BCUT2D eigenvalue weighted by atomic mass is 10.3. The Morgan fingerprint density at radius 2 is 2.16 bits per heavy atom. The lowest BCUT2D eigenvalue weighted by Gasteiger charge is -2.02. The second-order valence-corrected chi connectivity index (χ2v) is 5.05. The van der Waals surface area contributed by atoms with Crippen molar-refractivity contribution < 1.29 is 0 Å². The van der Waals surface area contributed by atoms with Crippen molar-refractivity contribution in [1.29, 1.82) is 0 Å². The van der Waals surface area contributed by atoms with Gasteiger partial charge in [0.25, 0.3) is 5.56 Å². The first-order valence-corrected chi connectivity index (χ1v) is 7.40. The smallest absolute Gasteiger partial charge is 0.266 e. The van der Waals surface area contributed by atoms with E-state index in [1.165, 1.54) is 10.7 Å². The van der Waals surface area contributed by atoms with Gasteiger partial charge in [-0.1, -0.05) is 13.3 Å². The zero-order chi connectivity index (χ0) is 13.7. The second-order valence-electron chi connectivity index (χ2n) is 4.19. The minimum Gasteiger partial charge on any atom is -0.362 e. The maximum absolute atomic E-state index is 11.5. The Hall–Kier alpha value is -1.69. The molecule has 0 unspecified atom stereocenters. The summed E-state index contributed by atoms with van der Waals surface area (Å²) in [6, 6.07) is 3.26. The minimum atomic E-state index is -0.0808. The molecule has 2 heterocycles. The van der Waals surface area contributed by atoms with Crippen LogP contribution in [0.4, 0.5) is 5.13 Å². The summed E-state index contributed by atoms with van der Waals surface area (Å²) in [5, 5.41) is 10.4. The Labute approximate surface area is 116 Å². The molecular weight excluding hydrogens is 260 g/mol. The molecule has 2 aromatic heterocycles. The van der Waals surface area contributed by atoms with Crippen LogP contribution in [0.3, 0.4) is 0 Å². The number of nitrogens with one attached hydrogen (secondary N) is 1. The molecule has 0 saturated heterocycles. The maximum atomic E-state index is 11.5. The molecule has 102 valence electrons. The molecule has 2 rings (SSSR count). The largest absolute Gasteiger partial charge is 0.362 e. The van der Waals surface area contributed by atoms with E-state index in [0.717, 1.165) is 35.9 Å². The molecule has 0 aliphatic heterocycles. The predicted molar refractivity (Wildman–Crippen MR) is 78.7 cm³/mol. The zero-order valence-electron chi connectivity index (χ0n) is 11.2. The van der Waals surface area contributed by atoms with Gasteiger partial charge < -0.3 is 5.32 Å². The lowest BCUT2D eigenvalue weighted by molar-refractivity contribution is 0.618. The number of aromatic nitrogens is 3. The average molecular weight is 278 g/mol. The third kappa shape index (κ3) is 3.41. The fourth-order valence-corrected chi connectivity index (χ4v) is 2.39. The molecule has 1 N–H and O–H groups in total. The van der Waals surface area contributed by atoms with Crippen molar-refractivity contribution in [3.8, 4) is 11.4 Å². The van der Waals surface area contributed by atoms with E-state index in [2.05, 4.69) is 22.3 Å². The van der Waals surface area contributed by atoms with Crippen LogP contribution in [0.1, 0.15) is 26.7 Å². The molecule has 5 nitrogen and oxygen atoms in total. The monoisotopic (exact) mass is 278 g/mol. The summed E-state index contributed by atoms with van der Waals surface area (Å²) in [5.41, 5.74) is 1.47. The van der Waals surface area contributed by atoms with Gasteiger partial charge in [-0.05, 0) is 19.4 Å². The molecule has 0 atom stereocenters. The number of unbranched alkanes of at least 4 members (excludes halogenated alkanes) is 1. The molecule has 0 spiro atoms. The molecule has 0 saturated carbocycles. The highest BCUT2D eigenvalue weighted by Gasteiger charge is 2.07. The number of aryl methyl sites for hydroxylation is 1. The number of rotatable bonds is 6. The van der Waals surface area contributed by atoms with Crippen LogP contribution in [0.2, 0.25) is 0 Å². The van der Waals surface area contributed by atoms with Crippen molar-refractivity contribution >= 4 is 16.5 Å². The quantitative estimate of drug-likeness (QED) is 0.825. The van der Waals surface area contributed by atoms with Gasteiger partial charge >= 0.3 is 0 Å². The minimum absolute atomic E-state index is 0.0808. The van der Waals surface area contributed by atoms with Crippen molar-refractivity contribution in [3.63, 3.8) is 0 Å². The van der Waals surface area contributed by atoms with Crippen LogP contribution in [-0.2, 0) is 6.54 Å². The molecule has 19 heavy (non-hydrogen) atoms. The number of hydrogen-bond acceptors (Lipinski definition) is 5. The third-order valence-corrected chi connectivity index (χ3v) is 3.54. The predicted octanol–water partition coefficient (Wildman–Crippen LogP) is 2.60. The van der Waals surface area contributed by atoms with Gasteiger partial charge in [0, 0.05) is 24.5 Å². The van der Waals surface area contributed by atoms with Crippen LogP contribution < -0.4 is 10.9 Å². The molecule has 0 bridgehead atoms. The summed E-state index contributed by atoms with van der Waals surface area (Å²) >= 11 is 1.56. The molecule has 6 heteroatoms. The Morgan fingerprint density at radius 3 is 2.89 bits per heavy atom. The van der Waals surface area contributed by atoms with Crippen molar-refractivity contribution in [1.82, 2.24) is 14.8 Å². The lowest BCUT2D eigenvalue weighted by Crippen LogP contribution is -2.21. The van der Waals surface area contributed by atoms with Crippen LogP contribution in [0, 0.1) is 0 Å². The van der Waals surface area contributed by atoms with E-state index in [1.54, 1.807) is 17.4 Å². The van der Waals surface area contributed by atoms with Gasteiger partial charge in [-0.15, -0.1) is 11.3 Å². The summed E-state index contributed by atoms with van der Waals surface area (Å²) in [6.07, 6.45) is 2.29. The van der Waals surface area contributed by atoms with Gasteiger partial charge in [-0.2, -0.15) is 5.10 Å². The summed E-state index contributed by atoms with van der Waals surface area (Å²) in [4.78, 5) is 16.0. The van der Waals surface area contributed by atoms with E-state index < -0.39 is 0 Å². The summed E-state index contributed by atoms with van der Waals surface area (Å²) in [7, 11) is 0. The molecule has 0 aliphatic rings. The fraction of sp³-hybridized carbons (Fsp3) is 0.462. The van der Waals surface area contributed by atoms with E-state index in [4.69, 9.17) is 0 Å². The van der Waals surface area contributed by atoms with E-state index in [-0.39, 0.29) is 5.56 Å².